The average Bonchev–Trinajstić information content (AvgIpc) is 2.42. The van der Waals surface area contributed by atoms with Crippen molar-refractivity contribution in [1.29, 1.82) is 0 Å². The Hall–Kier alpha value is -1.42. The summed E-state index contributed by atoms with van der Waals surface area (Å²) in [5.74, 6) is 2.71. The fraction of sp³-hybridized carbons (Fsp3) is 0.600. The van der Waals surface area contributed by atoms with Crippen LogP contribution in [0.1, 0.15) is 38.3 Å². The number of nitrogens with two attached hydrogens (primary N) is 1. The Morgan fingerprint density at radius 1 is 0.895 bits per heavy atom. The molecule has 0 radical (unpaired) electrons. The highest BCUT2D eigenvalue weighted by molar-refractivity contribution is 5.51. The van der Waals surface area contributed by atoms with E-state index in [1.54, 1.807) is 21.3 Å². The summed E-state index contributed by atoms with van der Waals surface area (Å²) in [7, 11) is 4.86. The molecule has 0 aliphatic carbocycles. The van der Waals surface area contributed by atoms with Crippen LogP contribution in [0.15, 0.2) is 12.1 Å². The van der Waals surface area contributed by atoms with Gasteiger partial charge in [-0.3, -0.25) is 0 Å². The van der Waals surface area contributed by atoms with Crippen LogP contribution in [0.4, 0.5) is 0 Å². The zero-order chi connectivity index (χ0) is 14.4. The quantitative estimate of drug-likeness (QED) is 0.824. The third-order valence-corrected chi connectivity index (χ3v) is 3.19. The Bertz CT molecular complexity index is 405. The van der Waals surface area contributed by atoms with E-state index in [2.05, 4.69) is 13.8 Å². The number of hydrogen-bond acceptors (Lipinski definition) is 4. The van der Waals surface area contributed by atoms with E-state index in [9.17, 15) is 0 Å². The molecule has 0 saturated heterocycles. The topological polar surface area (TPSA) is 53.7 Å². The molecule has 1 rings (SSSR count). The van der Waals surface area contributed by atoms with Crippen LogP contribution in [-0.4, -0.2) is 21.3 Å². The molecule has 2 N–H and O–H groups in total. The maximum Gasteiger partial charge on any atom is 0.164 e. The van der Waals surface area contributed by atoms with E-state index in [1.807, 2.05) is 12.1 Å². The Labute approximate surface area is 115 Å². The monoisotopic (exact) mass is 267 g/mol. The van der Waals surface area contributed by atoms with Crippen LogP contribution in [0.3, 0.4) is 0 Å². The molecule has 0 bridgehead atoms. The second-order valence-electron chi connectivity index (χ2n) is 5.03. The van der Waals surface area contributed by atoms with E-state index in [0.717, 1.165) is 24.2 Å². The molecule has 0 saturated carbocycles. The second kappa shape index (κ2) is 7.24. The highest BCUT2D eigenvalue weighted by atomic mass is 16.5. The molecule has 4 heteroatoms. The van der Waals surface area contributed by atoms with Crippen LogP contribution in [0.2, 0.25) is 0 Å². The maximum absolute atomic E-state index is 6.26. The van der Waals surface area contributed by atoms with E-state index in [4.69, 9.17) is 19.9 Å². The first-order valence-corrected chi connectivity index (χ1v) is 6.59. The SMILES string of the molecule is COc1cc(OC)c([C@H](N)CCC(C)C)cc1OC. The van der Waals surface area contributed by atoms with Crippen molar-refractivity contribution in [3.05, 3.63) is 17.7 Å². The second-order valence-corrected chi connectivity index (χ2v) is 5.03. The van der Waals surface area contributed by atoms with Gasteiger partial charge in [0.05, 0.1) is 21.3 Å². The Balaban J connectivity index is 3.03. The van der Waals surface area contributed by atoms with Gasteiger partial charge in [-0.15, -0.1) is 0 Å². The van der Waals surface area contributed by atoms with Crippen LogP contribution in [0.25, 0.3) is 0 Å². The van der Waals surface area contributed by atoms with Gasteiger partial charge in [0.25, 0.3) is 0 Å². The minimum absolute atomic E-state index is 0.0582. The Kier molecular flexibility index (Phi) is 5.96. The van der Waals surface area contributed by atoms with E-state index in [-0.39, 0.29) is 6.04 Å². The molecule has 0 spiro atoms. The molecule has 0 aliphatic rings. The molecule has 0 aliphatic heterocycles. The zero-order valence-corrected chi connectivity index (χ0v) is 12.5. The molecule has 0 unspecified atom stereocenters. The number of rotatable bonds is 7. The lowest BCUT2D eigenvalue weighted by Crippen LogP contribution is -2.13. The molecule has 1 aromatic rings. The first-order chi connectivity index (χ1) is 9.03. The fourth-order valence-corrected chi connectivity index (χ4v) is 2.01. The van der Waals surface area contributed by atoms with Gasteiger partial charge < -0.3 is 19.9 Å². The van der Waals surface area contributed by atoms with Gasteiger partial charge in [-0.05, 0) is 24.8 Å². The number of benzene rings is 1. The van der Waals surface area contributed by atoms with E-state index in [0.29, 0.717) is 17.4 Å². The lowest BCUT2D eigenvalue weighted by atomic mass is 9.97. The van der Waals surface area contributed by atoms with Crippen LogP contribution in [-0.2, 0) is 0 Å². The summed E-state index contributed by atoms with van der Waals surface area (Å²) in [4.78, 5) is 0. The largest absolute Gasteiger partial charge is 0.496 e. The number of ether oxygens (including phenoxy) is 3. The fourth-order valence-electron chi connectivity index (χ4n) is 2.01. The molecule has 1 aromatic carbocycles. The summed E-state index contributed by atoms with van der Waals surface area (Å²) in [6.45, 7) is 4.39. The predicted octanol–water partition coefficient (Wildman–Crippen LogP) is 3.15. The van der Waals surface area contributed by atoms with Crippen molar-refractivity contribution < 1.29 is 14.2 Å². The molecule has 1 atom stereocenters. The lowest BCUT2D eigenvalue weighted by molar-refractivity contribution is 0.345. The molecule has 108 valence electrons. The summed E-state index contributed by atoms with van der Waals surface area (Å²) in [6.07, 6.45) is 2.00. The highest BCUT2D eigenvalue weighted by Crippen LogP contribution is 2.38. The molecule has 19 heavy (non-hydrogen) atoms. The number of hydrogen-bond donors (Lipinski definition) is 1. The molecule has 0 aromatic heterocycles. The first kappa shape index (κ1) is 15.6. The molecule has 0 fully saturated rings. The van der Waals surface area contributed by atoms with Crippen molar-refractivity contribution in [3.63, 3.8) is 0 Å². The summed E-state index contributed by atoms with van der Waals surface area (Å²) < 4.78 is 16.0. The van der Waals surface area contributed by atoms with Crippen molar-refractivity contribution in [2.24, 2.45) is 11.7 Å². The average molecular weight is 267 g/mol. The molecular weight excluding hydrogens is 242 g/mol. The number of methoxy groups -OCH3 is 3. The highest BCUT2D eigenvalue weighted by Gasteiger charge is 2.17. The van der Waals surface area contributed by atoms with Crippen LogP contribution < -0.4 is 19.9 Å². The molecule has 0 amide bonds. The summed E-state index contributed by atoms with van der Waals surface area (Å²) >= 11 is 0. The lowest BCUT2D eigenvalue weighted by Gasteiger charge is -2.19. The van der Waals surface area contributed by atoms with Gasteiger partial charge in [-0.25, -0.2) is 0 Å². The van der Waals surface area contributed by atoms with Gasteiger partial charge in [-0.1, -0.05) is 13.8 Å². The minimum atomic E-state index is -0.0582. The molecule has 4 nitrogen and oxygen atoms in total. The van der Waals surface area contributed by atoms with Gasteiger partial charge in [-0.2, -0.15) is 0 Å². The maximum atomic E-state index is 6.26. The van der Waals surface area contributed by atoms with Crippen molar-refractivity contribution in [2.75, 3.05) is 21.3 Å². The van der Waals surface area contributed by atoms with E-state index >= 15 is 0 Å². The van der Waals surface area contributed by atoms with Crippen molar-refractivity contribution in [1.82, 2.24) is 0 Å². The van der Waals surface area contributed by atoms with Gasteiger partial charge in [0.15, 0.2) is 11.5 Å². The van der Waals surface area contributed by atoms with Crippen LogP contribution >= 0.6 is 0 Å². The Morgan fingerprint density at radius 2 is 1.42 bits per heavy atom. The normalized spacial score (nSPS) is 12.4. The Morgan fingerprint density at radius 3 is 1.89 bits per heavy atom. The van der Waals surface area contributed by atoms with Gasteiger partial charge in [0.1, 0.15) is 5.75 Å². The third-order valence-electron chi connectivity index (χ3n) is 3.19. The van der Waals surface area contributed by atoms with Crippen LogP contribution in [0, 0.1) is 5.92 Å². The van der Waals surface area contributed by atoms with Gasteiger partial charge in [0, 0.05) is 17.7 Å². The third kappa shape index (κ3) is 4.03. The van der Waals surface area contributed by atoms with Crippen molar-refractivity contribution >= 4 is 0 Å². The molecular formula is C15H25NO3. The van der Waals surface area contributed by atoms with Gasteiger partial charge >= 0.3 is 0 Å². The smallest absolute Gasteiger partial charge is 0.164 e. The van der Waals surface area contributed by atoms with E-state index in [1.165, 1.54) is 0 Å². The summed E-state index contributed by atoms with van der Waals surface area (Å²) in [5, 5.41) is 0. The zero-order valence-electron chi connectivity index (χ0n) is 12.5. The van der Waals surface area contributed by atoms with Gasteiger partial charge in [0.2, 0.25) is 0 Å². The predicted molar refractivity (Wildman–Crippen MR) is 77.1 cm³/mol. The standard InChI is InChI=1S/C15H25NO3/c1-10(2)6-7-12(16)11-8-14(18-4)15(19-5)9-13(11)17-3/h8-10,12H,6-7,16H2,1-5H3/t12-/m1/s1. The minimum Gasteiger partial charge on any atom is -0.496 e. The molecule has 0 heterocycles. The van der Waals surface area contributed by atoms with Crippen molar-refractivity contribution in [2.45, 2.75) is 32.7 Å². The van der Waals surface area contributed by atoms with Crippen molar-refractivity contribution in [3.8, 4) is 17.2 Å². The summed E-state index contributed by atoms with van der Waals surface area (Å²) in [6, 6.07) is 3.67. The summed E-state index contributed by atoms with van der Waals surface area (Å²) in [5.41, 5.74) is 7.22. The van der Waals surface area contributed by atoms with Crippen LogP contribution in [0.5, 0.6) is 17.2 Å². The first-order valence-electron chi connectivity index (χ1n) is 6.59. The van der Waals surface area contributed by atoms with E-state index < -0.39 is 0 Å².